The summed E-state index contributed by atoms with van der Waals surface area (Å²) in [5.74, 6) is -2.66. The lowest BCUT2D eigenvalue weighted by Gasteiger charge is -1.99. The summed E-state index contributed by atoms with van der Waals surface area (Å²) in [6.45, 7) is 21.8. The Kier molecular flexibility index (Phi) is 31.2. The van der Waals surface area contributed by atoms with Crippen molar-refractivity contribution in [2.24, 2.45) is 0 Å². The first-order chi connectivity index (χ1) is 17.7. The van der Waals surface area contributed by atoms with Crippen molar-refractivity contribution in [3.8, 4) is 0 Å². The molecule has 0 bridgehead atoms. The van der Waals surface area contributed by atoms with Crippen LogP contribution in [0.2, 0.25) is 0 Å². The Balaban J connectivity index is -0.000000193. The van der Waals surface area contributed by atoms with Crippen molar-refractivity contribution >= 4 is 30.0 Å². The van der Waals surface area contributed by atoms with Gasteiger partial charge < -0.3 is 24.8 Å². The second-order valence-corrected chi connectivity index (χ2v) is 7.08. The summed E-state index contributed by atoms with van der Waals surface area (Å²) in [7, 11) is 1.33. The number of hydrogen-bond donors (Lipinski definition) is 3. The number of aliphatic hydroxyl groups is 1. The van der Waals surface area contributed by atoms with Gasteiger partial charge in [0.05, 0.1) is 13.7 Å². The van der Waals surface area contributed by atoms with Crippen LogP contribution in [0.1, 0.15) is 45.6 Å². The number of aliphatic hydroxyl groups excluding tert-OH is 1. The van der Waals surface area contributed by atoms with Crippen LogP contribution in [0.4, 0.5) is 0 Å². The van der Waals surface area contributed by atoms with Crippen LogP contribution in [0.25, 0.3) is 6.08 Å². The van der Waals surface area contributed by atoms with Crippen molar-refractivity contribution < 1.29 is 44.0 Å². The van der Waals surface area contributed by atoms with Crippen molar-refractivity contribution in [1.82, 2.24) is 0 Å². The molecule has 38 heavy (non-hydrogen) atoms. The highest BCUT2D eigenvalue weighted by Gasteiger charge is 2.01. The summed E-state index contributed by atoms with van der Waals surface area (Å²) in [5.41, 5.74) is 2.27. The third-order valence-electron chi connectivity index (χ3n) is 3.55. The molecule has 212 valence electrons. The molecule has 0 aliphatic carbocycles. The fraction of sp³-hybridized carbons (Fsp3) is 0.310. The van der Waals surface area contributed by atoms with E-state index in [2.05, 4.69) is 42.4 Å². The molecule has 0 spiro atoms. The molecule has 0 aliphatic rings. The zero-order valence-electron chi connectivity index (χ0n) is 22.9. The van der Waals surface area contributed by atoms with Gasteiger partial charge in [-0.15, -0.1) is 0 Å². The van der Waals surface area contributed by atoms with E-state index in [0.29, 0.717) is 23.1 Å². The number of carboxylic acid groups (broad SMARTS) is 2. The van der Waals surface area contributed by atoms with Gasteiger partial charge in [-0.2, -0.15) is 0 Å². The first-order valence-corrected chi connectivity index (χ1v) is 11.4. The van der Waals surface area contributed by atoms with E-state index in [-0.39, 0.29) is 19.2 Å². The maximum absolute atomic E-state index is 10.5. The predicted molar refractivity (Wildman–Crippen MR) is 150 cm³/mol. The van der Waals surface area contributed by atoms with Crippen molar-refractivity contribution in [2.75, 3.05) is 20.3 Å². The molecule has 0 saturated carbocycles. The summed E-state index contributed by atoms with van der Waals surface area (Å²) >= 11 is 0. The number of rotatable bonds is 10. The lowest BCUT2D eigenvalue weighted by atomic mass is 10.1. The molecule has 0 aromatic heterocycles. The monoisotopic (exact) mass is 534 g/mol. The summed E-state index contributed by atoms with van der Waals surface area (Å²) in [5, 5.41) is 24.1. The van der Waals surface area contributed by atoms with Crippen LogP contribution in [0, 0.1) is 0 Å². The molecular formula is C29H42O9. The first kappa shape index (κ1) is 40.9. The number of carboxylic acids is 2. The van der Waals surface area contributed by atoms with Crippen LogP contribution in [-0.4, -0.2) is 59.5 Å². The van der Waals surface area contributed by atoms with E-state index in [1.54, 1.807) is 13.8 Å². The Morgan fingerprint density at radius 3 is 1.63 bits per heavy atom. The van der Waals surface area contributed by atoms with Gasteiger partial charge in [0.25, 0.3) is 0 Å². The van der Waals surface area contributed by atoms with E-state index >= 15 is 0 Å². The van der Waals surface area contributed by atoms with Crippen LogP contribution in [0.3, 0.4) is 0 Å². The maximum Gasteiger partial charge on any atom is 0.333 e. The number of carbonyl (C=O) groups excluding carboxylic acids is 2. The minimum absolute atomic E-state index is 0.0473. The average Bonchev–Trinajstić information content (AvgIpc) is 2.91. The van der Waals surface area contributed by atoms with Crippen LogP contribution >= 0.6 is 0 Å². The molecule has 3 N–H and O–H groups in total. The molecule has 0 aliphatic heterocycles. The van der Waals surface area contributed by atoms with Crippen LogP contribution in [0.15, 0.2) is 86.0 Å². The molecule has 9 heteroatoms. The molecule has 1 aromatic carbocycles. The van der Waals surface area contributed by atoms with Crippen molar-refractivity contribution in [3.05, 3.63) is 91.6 Å². The summed E-state index contributed by atoms with van der Waals surface area (Å²) < 4.78 is 8.74. The molecule has 0 atom stereocenters. The van der Waals surface area contributed by atoms with Crippen LogP contribution < -0.4 is 0 Å². The maximum atomic E-state index is 10.5. The molecule has 9 nitrogen and oxygen atoms in total. The average molecular weight is 535 g/mol. The van der Waals surface area contributed by atoms with Gasteiger partial charge in [0.1, 0.15) is 6.61 Å². The lowest BCUT2D eigenvalue weighted by Crippen LogP contribution is -2.08. The summed E-state index contributed by atoms with van der Waals surface area (Å²) in [6.07, 6.45) is 5.23. The van der Waals surface area contributed by atoms with Gasteiger partial charge >= 0.3 is 23.9 Å². The van der Waals surface area contributed by atoms with Gasteiger partial charge in [0, 0.05) is 22.8 Å². The number of benzene rings is 1. The zero-order chi connectivity index (χ0) is 30.5. The minimum Gasteiger partial charge on any atom is -0.478 e. The third kappa shape index (κ3) is 33.9. The van der Waals surface area contributed by atoms with Crippen molar-refractivity contribution in [2.45, 2.75) is 40.0 Å². The number of methoxy groups -OCH3 is 1. The highest BCUT2D eigenvalue weighted by molar-refractivity contribution is 5.87. The number of aliphatic carboxylic acids is 2. The normalized spacial score (nSPS) is 8.24. The summed E-state index contributed by atoms with van der Waals surface area (Å²) in [4.78, 5) is 40.0. The Morgan fingerprint density at radius 2 is 1.39 bits per heavy atom. The second kappa shape index (κ2) is 29.0. The molecule has 0 heterocycles. The van der Waals surface area contributed by atoms with E-state index in [1.165, 1.54) is 12.7 Å². The standard InChI is InChI=1S/C8H8.C7H12O2.C6H10O3.C5H8O2.C3H4O2/c1-2-8-6-4-3-5-7-8;1-3-4-5-6(2)7(8)9;1-5(2)6(8)9-4-3-7;1-4(2)5(6)7-3;1-2-3(4)5/h2-7H,1H2;2-5H2,1H3,(H,8,9);7H,1,3-4H2,2H3;1H2,2-3H3;2H,1H2,(H,4,5). The Bertz CT molecular complexity index is 855. The summed E-state index contributed by atoms with van der Waals surface area (Å²) in [6, 6.07) is 10.0. The molecule has 0 amide bonds. The molecule has 1 aromatic rings. The van der Waals surface area contributed by atoms with Crippen molar-refractivity contribution in [3.63, 3.8) is 0 Å². The number of carbonyl (C=O) groups is 4. The van der Waals surface area contributed by atoms with Gasteiger partial charge in [-0.3, -0.25) is 0 Å². The van der Waals surface area contributed by atoms with Gasteiger partial charge in [-0.25, -0.2) is 19.2 Å². The largest absolute Gasteiger partial charge is 0.478 e. The topological polar surface area (TPSA) is 147 Å². The molecular weight excluding hydrogens is 492 g/mol. The second-order valence-electron chi connectivity index (χ2n) is 7.08. The number of unbranched alkanes of at least 4 members (excludes halogenated alkanes) is 1. The fourth-order valence-corrected chi connectivity index (χ4v) is 1.52. The van der Waals surface area contributed by atoms with Crippen molar-refractivity contribution in [1.29, 1.82) is 0 Å². The zero-order valence-corrected chi connectivity index (χ0v) is 22.9. The third-order valence-corrected chi connectivity index (χ3v) is 3.55. The molecule has 0 fully saturated rings. The highest BCUT2D eigenvalue weighted by atomic mass is 16.5. The van der Waals surface area contributed by atoms with Gasteiger partial charge in [0.15, 0.2) is 0 Å². The number of hydrogen-bond acceptors (Lipinski definition) is 7. The molecule has 0 unspecified atom stereocenters. The predicted octanol–water partition coefficient (Wildman–Crippen LogP) is 5.24. The van der Waals surface area contributed by atoms with E-state index in [4.69, 9.17) is 15.3 Å². The number of esters is 2. The van der Waals surface area contributed by atoms with Gasteiger partial charge in [0.2, 0.25) is 0 Å². The minimum atomic E-state index is -0.981. The number of ether oxygens (including phenoxy) is 2. The highest BCUT2D eigenvalue weighted by Crippen LogP contribution is 2.03. The quantitative estimate of drug-likeness (QED) is 0.271. The van der Waals surface area contributed by atoms with E-state index in [1.807, 2.05) is 43.3 Å². The molecule has 0 radical (unpaired) electrons. The smallest absolute Gasteiger partial charge is 0.333 e. The van der Waals surface area contributed by atoms with Gasteiger partial charge in [-0.1, -0.05) is 82.6 Å². The van der Waals surface area contributed by atoms with Crippen LogP contribution in [0.5, 0.6) is 0 Å². The Hall–Kier alpha value is -4.24. The lowest BCUT2D eigenvalue weighted by molar-refractivity contribution is -0.140. The first-order valence-electron chi connectivity index (χ1n) is 11.4. The molecule has 0 saturated heterocycles. The van der Waals surface area contributed by atoms with Crippen LogP contribution in [-0.2, 0) is 28.7 Å². The van der Waals surface area contributed by atoms with E-state index in [0.717, 1.165) is 18.9 Å². The SMILES string of the molecule is C=C(C)C(=O)OC.C=C(C)C(=O)OCCO.C=C(CCCC)C(=O)O.C=CC(=O)O.C=Cc1ccccc1. The Labute approximate surface area is 226 Å². The van der Waals surface area contributed by atoms with E-state index < -0.39 is 17.9 Å². The fourth-order valence-electron chi connectivity index (χ4n) is 1.52. The van der Waals surface area contributed by atoms with E-state index in [9.17, 15) is 19.2 Å². The Morgan fingerprint density at radius 1 is 0.921 bits per heavy atom. The molecule has 1 rings (SSSR count). The van der Waals surface area contributed by atoms with Gasteiger partial charge in [-0.05, 0) is 32.3 Å².